The van der Waals surface area contributed by atoms with Gasteiger partial charge in [0.1, 0.15) is 18.1 Å². The number of alkyl halides is 1. The summed E-state index contributed by atoms with van der Waals surface area (Å²) >= 11 is 5.50. The van der Waals surface area contributed by atoms with Gasteiger partial charge in [0.25, 0.3) is 0 Å². The van der Waals surface area contributed by atoms with Crippen molar-refractivity contribution in [3.05, 3.63) is 24.3 Å². The monoisotopic (exact) mass is 271 g/mol. The zero-order chi connectivity index (χ0) is 13.2. The van der Waals surface area contributed by atoms with Crippen LogP contribution in [0, 0.1) is 0 Å². The number of carbonyl (C=O) groups is 1. The van der Waals surface area contributed by atoms with Gasteiger partial charge < -0.3 is 14.8 Å². The number of halogens is 1. The highest BCUT2D eigenvalue weighted by Crippen LogP contribution is 2.16. The topological polar surface area (TPSA) is 47.6 Å². The van der Waals surface area contributed by atoms with Gasteiger partial charge in [0, 0.05) is 12.3 Å². The van der Waals surface area contributed by atoms with Crippen LogP contribution in [0.3, 0.4) is 0 Å². The molecule has 0 atom stereocenters. The fraction of sp³-hybridized carbons (Fsp3) is 0.462. The SMILES string of the molecule is COc1ccc(OCCNC(=O)CCCCl)cc1. The second-order valence-corrected chi connectivity index (χ2v) is 4.04. The van der Waals surface area contributed by atoms with Gasteiger partial charge in [0.05, 0.1) is 13.7 Å². The second kappa shape index (κ2) is 8.64. The van der Waals surface area contributed by atoms with Crippen molar-refractivity contribution in [2.24, 2.45) is 0 Å². The van der Waals surface area contributed by atoms with Gasteiger partial charge in [-0.15, -0.1) is 11.6 Å². The fourth-order valence-electron chi connectivity index (χ4n) is 1.35. The Labute approximate surface area is 112 Å². The first-order valence-corrected chi connectivity index (χ1v) is 6.39. The first kappa shape index (κ1) is 14.6. The summed E-state index contributed by atoms with van der Waals surface area (Å²) < 4.78 is 10.5. The molecule has 0 heterocycles. The molecule has 0 fully saturated rings. The predicted molar refractivity (Wildman–Crippen MR) is 71.5 cm³/mol. The number of amides is 1. The molecule has 0 aromatic heterocycles. The van der Waals surface area contributed by atoms with Crippen molar-refractivity contribution in [1.29, 1.82) is 0 Å². The minimum absolute atomic E-state index is 0.00832. The molecule has 4 nitrogen and oxygen atoms in total. The van der Waals surface area contributed by atoms with Gasteiger partial charge in [-0.1, -0.05) is 0 Å². The molecule has 0 saturated heterocycles. The van der Waals surface area contributed by atoms with E-state index in [1.165, 1.54) is 0 Å². The lowest BCUT2D eigenvalue weighted by Gasteiger charge is -2.08. The number of benzene rings is 1. The van der Waals surface area contributed by atoms with Crippen molar-refractivity contribution in [3.63, 3.8) is 0 Å². The predicted octanol–water partition coefficient (Wildman–Crippen LogP) is 2.21. The molecule has 1 aromatic carbocycles. The Morgan fingerprint density at radius 3 is 2.56 bits per heavy atom. The molecule has 0 aliphatic carbocycles. The van der Waals surface area contributed by atoms with E-state index in [0.717, 1.165) is 11.5 Å². The first-order valence-electron chi connectivity index (χ1n) is 5.86. The number of carbonyl (C=O) groups excluding carboxylic acids is 1. The third-order valence-corrected chi connectivity index (χ3v) is 2.56. The summed E-state index contributed by atoms with van der Waals surface area (Å²) in [5, 5.41) is 2.76. The molecule has 5 heteroatoms. The molecule has 0 aliphatic rings. The number of rotatable bonds is 8. The molecular weight excluding hydrogens is 254 g/mol. The largest absolute Gasteiger partial charge is 0.497 e. The standard InChI is InChI=1S/C13H18ClNO3/c1-17-11-4-6-12(7-5-11)18-10-9-15-13(16)3-2-8-14/h4-7H,2-3,8-10H2,1H3,(H,15,16). The Morgan fingerprint density at radius 1 is 1.28 bits per heavy atom. The average Bonchev–Trinajstić information content (AvgIpc) is 2.42. The summed E-state index contributed by atoms with van der Waals surface area (Å²) in [5.74, 6) is 2.06. The number of methoxy groups -OCH3 is 1. The van der Waals surface area contributed by atoms with Gasteiger partial charge in [-0.2, -0.15) is 0 Å². The molecule has 0 aliphatic heterocycles. The number of hydrogen-bond donors (Lipinski definition) is 1. The molecule has 100 valence electrons. The van der Waals surface area contributed by atoms with E-state index < -0.39 is 0 Å². The summed E-state index contributed by atoms with van der Waals surface area (Å²) in [4.78, 5) is 11.3. The zero-order valence-corrected chi connectivity index (χ0v) is 11.2. The molecule has 0 saturated carbocycles. The van der Waals surface area contributed by atoms with E-state index in [1.807, 2.05) is 24.3 Å². The fourth-order valence-corrected chi connectivity index (χ4v) is 1.48. The smallest absolute Gasteiger partial charge is 0.220 e. The van der Waals surface area contributed by atoms with Gasteiger partial charge in [0.15, 0.2) is 0 Å². The maximum Gasteiger partial charge on any atom is 0.220 e. The van der Waals surface area contributed by atoms with Crippen LogP contribution in [0.15, 0.2) is 24.3 Å². The van der Waals surface area contributed by atoms with Crippen LogP contribution >= 0.6 is 11.6 Å². The molecule has 0 unspecified atom stereocenters. The summed E-state index contributed by atoms with van der Waals surface area (Å²) in [5.41, 5.74) is 0. The maximum atomic E-state index is 11.3. The molecule has 0 spiro atoms. The van der Waals surface area contributed by atoms with Gasteiger partial charge in [-0.25, -0.2) is 0 Å². The lowest BCUT2D eigenvalue weighted by Crippen LogP contribution is -2.27. The molecule has 1 amide bonds. The van der Waals surface area contributed by atoms with Crippen molar-refractivity contribution in [2.45, 2.75) is 12.8 Å². The summed E-state index contributed by atoms with van der Waals surface area (Å²) in [6.45, 7) is 0.937. The van der Waals surface area contributed by atoms with Crippen LogP contribution in [0.4, 0.5) is 0 Å². The highest BCUT2D eigenvalue weighted by Gasteiger charge is 2.00. The van der Waals surface area contributed by atoms with Crippen LogP contribution < -0.4 is 14.8 Å². The Balaban J connectivity index is 2.15. The van der Waals surface area contributed by atoms with Gasteiger partial charge in [-0.3, -0.25) is 4.79 Å². The van der Waals surface area contributed by atoms with Crippen LogP contribution in [0.1, 0.15) is 12.8 Å². The first-order chi connectivity index (χ1) is 8.76. The normalized spacial score (nSPS) is 9.89. The molecule has 1 aromatic rings. The van der Waals surface area contributed by atoms with E-state index in [2.05, 4.69) is 5.32 Å². The Morgan fingerprint density at radius 2 is 1.94 bits per heavy atom. The van der Waals surface area contributed by atoms with E-state index in [0.29, 0.717) is 31.9 Å². The molecule has 1 N–H and O–H groups in total. The maximum absolute atomic E-state index is 11.3. The van der Waals surface area contributed by atoms with E-state index in [4.69, 9.17) is 21.1 Å². The minimum Gasteiger partial charge on any atom is -0.497 e. The van der Waals surface area contributed by atoms with E-state index in [1.54, 1.807) is 7.11 Å². The third kappa shape index (κ3) is 5.77. The van der Waals surface area contributed by atoms with Crippen LogP contribution in [0.5, 0.6) is 11.5 Å². The highest BCUT2D eigenvalue weighted by atomic mass is 35.5. The summed E-state index contributed by atoms with van der Waals surface area (Å²) in [6, 6.07) is 7.31. The van der Waals surface area contributed by atoms with E-state index in [9.17, 15) is 4.79 Å². The van der Waals surface area contributed by atoms with Crippen molar-refractivity contribution >= 4 is 17.5 Å². The van der Waals surface area contributed by atoms with E-state index in [-0.39, 0.29) is 5.91 Å². The Kier molecular flexibility index (Phi) is 7.03. The Bertz CT molecular complexity index is 354. The molecule has 0 radical (unpaired) electrons. The van der Waals surface area contributed by atoms with Crippen molar-refractivity contribution in [1.82, 2.24) is 5.32 Å². The van der Waals surface area contributed by atoms with Crippen molar-refractivity contribution in [3.8, 4) is 11.5 Å². The van der Waals surface area contributed by atoms with Gasteiger partial charge >= 0.3 is 0 Å². The highest BCUT2D eigenvalue weighted by molar-refractivity contribution is 6.17. The number of nitrogens with one attached hydrogen (secondary N) is 1. The minimum atomic E-state index is 0.00832. The molecule has 0 bridgehead atoms. The van der Waals surface area contributed by atoms with Crippen LogP contribution in [-0.4, -0.2) is 32.0 Å². The molecular formula is C13H18ClNO3. The quantitative estimate of drug-likeness (QED) is 0.582. The van der Waals surface area contributed by atoms with E-state index >= 15 is 0 Å². The van der Waals surface area contributed by atoms with Crippen LogP contribution in [0.2, 0.25) is 0 Å². The van der Waals surface area contributed by atoms with Crippen LogP contribution in [-0.2, 0) is 4.79 Å². The van der Waals surface area contributed by atoms with Crippen molar-refractivity contribution < 1.29 is 14.3 Å². The molecule has 18 heavy (non-hydrogen) atoms. The third-order valence-electron chi connectivity index (χ3n) is 2.29. The van der Waals surface area contributed by atoms with Gasteiger partial charge in [-0.05, 0) is 30.7 Å². The average molecular weight is 272 g/mol. The van der Waals surface area contributed by atoms with Gasteiger partial charge in [0.2, 0.25) is 5.91 Å². The molecule has 1 rings (SSSR count). The lowest BCUT2D eigenvalue weighted by molar-refractivity contribution is -0.121. The number of hydrogen-bond acceptors (Lipinski definition) is 3. The van der Waals surface area contributed by atoms with Crippen LogP contribution in [0.25, 0.3) is 0 Å². The lowest BCUT2D eigenvalue weighted by atomic mass is 10.3. The summed E-state index contributed by atoms with van der Waals surface area (Å²) in [6.07, 6.45) is 1.17. The zero-order valence-electron chi connectivity index (χ0n) is 10.4. The number of ether oxygens (including phenoxy) is 2. The Hall–Kier alpha value is -1.42. The van der Waals surface area contributed by atoms with Crippen molar-refractivity contribution in [2.75, 3.05) is 26.1 Å². The summed E-state index contributed by atoms with van der Waals surface area (Å²) in [7, 11) is 1.62. The second-order valence-electron chi connectivity index (χ2n) is 3.67.